The van der Waals surface area contributed by atoms with Crippen LogP contribution in [-0.4, -0.2) is 28.1 Å². The van der Waals surface area contributed by atoms with Crippen LogP contribution in [-0.2, 0) is 15.7 Å². The molecule has 0 saturated heterocycles. The minimum Gasteiger partial charge on any atom is -0.465 e. The van der Waals surface area contributed by atoms with Gasteiger partial charge in [-0.2, -0.15) is 33.8 Å². The first-order valence-corrected chi connectivity index (χ1v) is 8.85. The first-order chi connectivity index (χ1) is 11.6. The van der Waals surface area contributed by atoms with Crippen LogP contribution in [0.1, 0.15) is 18.1 Å². The normalized spacial score (nSPS) is 19.2. The minimum atomic E-state index is -4.76. The molecule has 1 aromatic heterocycles. The summed E-state index contributed by atoms with van der Waals surface area (Å²) in [5, 5.41) is 3.11. The molecular formula is C14H13ClF4N2O3S. The largest absolute Gasteiger partial charge is 0.465 e. The zero-order valence-corrected chi connectivity index (χ0v) is 14.7. The van der Waals surface area contributed by atoms with Crippen molar-refractivity contribution < 1.29 is 27.1 Å². The van der Waals surface area contributed by atoms with Crippen LogP contribution in [0.4, 0.5) is 17.6 Å². The van der Waals surface area contributed by atoms with Gasteiger partial charge < -0.3 is 4.74 Å². The highest BCUT2D eigenvalue weighted by Gasteiger charge is 2.36. The smallest absolute Gasteiger partial charge is 0.418 e. The fourth-order valence-electron chi connectivity index (χ4n) is 2.15. The Bertz CT molecular complexity index is 832. The predicted molar refractivity (Wildman–Crippen MR) is 87.0 cm³/mol. The van der Waals surface area contributed by atoms with E-state index in [0.717, 1.165) is 13.0 Å². The molecule has 138 valence electrons. The molecule has 0 aromatic carbocycles. The van der Waals surface area contributed by atoms with Crippen molar-refractivity contribution in [2.75, 3.05) is 12.4 Å². The molecule has 1 atom stereocenters. The lowest BCUT2D eigenvalue weighted by molar-refractivity contribution is -0.140. The van der Waals surface area contributed by atoms with Crippen molar-refractivity contribution in [2.24, 2.45) is 0 Å². The van der Waals surface area contributed by atoms with Crippen molar-refractivity contribution in [3.8, 4) is 0 Å². The summed E-state index contributed by atoms with van der Waals surface area (Å²) < 4.78 is 58.1. The maximum absolute atomic E-state index is 14.2. The Kier molecular flexibility index (Phi) is 5.62. The van der Waals surface area contributed by atoms with E-state index in [9.17, 15) is 27.2 Å². The molecule has 25 heavy (non-hydrogen) atoms. The van der Waals surface area contributed by atoms with E-state index in [1.54, 1.807) is 6.92 Å². The third-order valence-electron chi connectivity index (χ3n) is 3.29. The zero-order valence-electron chi connectivity index (χ0n) is 13.0. The first kappa shape index (κ1) is 19.5. The first-order valence-electron chi connectivity index (χ1n) is 6.94. The van der Waals surface area contributed by atoms with E-state index in [1.807, 2.05) is 0 Å². The van der Waals surface area contributed by atoms with Gasteiger partial charge in [-0.05, 0) is 13.8 Å². The van der Waals surface area contributed by atoms with Crippen molar-refractivity contribution in [1.29, 1.82) is 0 Å². The maximum atomic E-state index is 14.2. The van der Waals surface area contributed by atoms with Crippen molar-refractivity contribution in [3.05, 3.63) is 43.9 Å². The summed E-state index contributed by atoms with van der Waals surface area (Å²) in [5.41, 5.74) is -2.96. The van der Waals surface area contributed by atoms with Crippen LogP contribution in [0.5, 0.6) is 0 Å². The van der Waals surface area contributed by atoms with Crippen molar-refractivity contribution in [1.82, 2.24) is 9.78 Å². The number of hydrogen-bond donors (Lipinski definition) is 1. The molecular weight excluding hydrogens is 388 g/mol. The molecule has 1 aliphatic rings. The average molecular weight is 401 g/mol. The lowest BCUT2D eigenvalue weighted by Crippen LogP contribution is -2.28. The molecule has 0 bridgehead atoms. The fourth-order valence-corrected chi connectivity index (χ4v) is 4.48. The molecule has 2 rings (SSSR count). The zero-order chi connectivity index (χ0) is 18.9. The molecule has 1 aliphatic heterocycles. The van der Waals surface area contributed by atoms with Crippen LogP contribution in [0.3, 0.4) is 0 Å². The Balaban J connectivity index is 2.49. The van der Waals surface area contributed by atoms with Crippen LogP contribution < -0.4 is 5.56 Å². The topological polar surface area (TPSA) is 61.2 Å². The molecule has 0 amide bonds. The number of alkyl halides is 3. The van der Waals surface area contributed by atoms with Gasteiger partial charge in [0, 0.05) is 11.6 Å². The number of carbonyl (C=O) groups is 1. The van der Waals surface area contributed by atoms with E-state index in [0.29, 0.717) is 10.9 Å². The van der Waals surface area contributed by atoms with Gasteiger partial charge in [-0.15, -0.1) is 0 Å². The lowest BCUT2D eigenvalue weighted by atomic mass is 10.2. The summed E-state index contributed by atoms with van der Waals surface area (Å²) in [6, 6.07) is 0. The van der Waals surface area contributed by atoms with Crippen molar-refractivity contribution >= 4 is 33.5 Å². The molecule has 5 nitrogen and oxygen atoms in total. The summed E-state index contributed by atoms with van der Waals surface area (Å²) in [6.45, 7) is 2.65. The van der Waals surface area contributed by atoms with Gasteiger partial charge in [-0.3, -0.25) is 9.59 Å². The van der Waals surface area contributed by atoms with E-state index in [4.69, 9.17) is 16.3 Å². The quantitative estimate of drug-likeness (QED) is 0.478. The number of carbonyl (C=O) groups excluding carboxylic acids is 1. The van der Waals surface area contributed by atoms with Gasteiger partial charge in [-0.1, -0.05) is 11.6 Å². The van der Waals surface area contributed by atoms with E-state index >= 15 is 0 Å². The summed E-state index contributed by atoms with van der Waals surface area (Å²) in [7, 11) is -1.83. The van der Waals surface area contributed by atoms with Gasteiger partial charge in [-0.25, -0.2) is 4.39 Å². The Morgan fingerprint density at radius 3 is 2.64 bits per heavy atom. The molecule has 0 aliphatic carbocycles. The molecule has 0 radical (unpaired) electrons. The standard InChI is InChI=1S/C14H13ClF4N2O3S/c1-3-24-11(22)6-25-10(15)4-9(16)13(25)21-12(23)7(2)8(5-20-21)14(17,18)19/h4-5,25H,3,6H2,1-2H3. The van der Waals surface area contributed by atoms with Gasteiger partial charge in [0.2, 0.25) is 0 Å². The second-order valence-corrected chi connectivity index (χ2v) is 7.68. The van der Waals surface area contributed by atoms with Gasteiger partial charge in [0.15, 0.2) is 5.83 Å². The number of hydrogen-bond acceptors (Lipinski definition) is 4. The summed E-state index contributed by atoms with van der Waals surface area (Å²) in [4.78, 5) is 23.9. The molecule has 0 N–H and O–H groups in total. The monoisotopic (exact) mass is 400 g/mol. The summed E-state index contributed by atoms with van der Waals surface area (Å²) in [5.74, 6) is -1.90. The molecule has 0 fully saturated rings. The van der Waals surface area contributed by atoms with Gasteiger partial charge in [0.05, 0.1) is 28.5 Å². The molecule has 2 heterocycles. The van der Waals surface area contributed by atoms with Crippen molar-refractivity contribution in [3.63, 3.8) is 0 Å². The van der Waals surface area contributed by atoms with Crippen LogP contribution in [0.2, 0.25) is 0 Å². The molecule has 0 saturated carbocycles. The van der Waals surface area contributed by atoms with Crippen LogP contribution in [0.15, 0.2) is 27.3 Å². The van der Waals surface area contributed by atoms with Gasteiger partial charge in [0.1, 0.15) is 5.03 Å². The third kappa shape index (κ3) is 3.90. The SMILES string of the molecule is CCOC(=O)C[SH]1C(Cl)=CC(F)=C1n1ncc(C(F)(F)F)c(C)c1=O. The lowest BCUT2D eigenvalue weighted by Gasteiger charge is -2.20. The predicted octanol–water partition coefficient (Wildman–Crippen LogP) is 3.32. The highest BCUT2D eigenvalue weighted by Crippen LogP contribution is 2.54. The van der Waals surface area contributed by atoms with E-state index in [1.165, 1.54) is 0 Å². The number of aromatic nitrogens is 2. The number of thiol groups is 1. The number of rotatable bonds is 4. The number of halogens is 5. The second-order valence-electron chi connectivity index (χ2n) is 4.93. The summed E-state index contributed by atoms with van der Waals surface area (Å²) >= 11 is 5.94. The Labute approximate surface area is 147 Å². The molecule has 1 unspecified atom stereocenters. The Morgan fingerprint density at radius 1 is 1.44 bits per heavy atom. The van der Waals surface area contributed by atoms with Crippen LogP contribution in [0.25, 0.3) is 5.03 Å². The van der Waals surface area contributed by atoms with Crippen LogP contribution in [0, 0.1) is 6.92 Å². The minimum absolute atomic E-state index is 0.0122. The maximum Gasteiger partial charge on any atom is 0.418 e. The second kappa shape index (κ2) is 7.20. The average Bonchev–Trinajstić information content (AvgIpc) is 2.75. The van der Waals surface area contributed by atoms with Crippen LogP contribution >= 0.6 is 22.5 Å². The number of allylic oxidation sites excluding steroid dienone is 2. The Morgan fingerprint density at radius 2 is 2.08 bits per heavy atom. The van der Waals surface area contributed by atoms with Crippen molar-refractivity contribution in [2.45, 2.75) is 20.0 Å². The number of nitrogens with zero attached hydrogens (tertiary/aromatic N) is 2. The van der Waals surface area contributed by atoms with E-state index in [2.05, 4.69) is 5.10 Å². The molecule has 0 spiro atoms. The van der Waals surface area contributed by atoms with Gasteiger partial charge in [0.25, 0.3) is 5.56 Å². The number of ether oxygens (including phenoxy) is 1. The van der Waals surface area contributed by atoms with E-state index in [-0.39, 0.29) is 21.8 Å². The Hall–Kier alpha value is -1.81. The van der Waals surface area contributed by atoms with Gasteiger partial charge >= 0.3 is 12.1 Å². The highest BCUT2D eigenvalue weighted by molar-refractivity contribution is 8.29. The van der Waals surface area contributed by atoms with E-state index < -0.39 is 45.6 Å². The third-order valence-corrected chi connectivity index (χ3v) is 6.15. The fraction of sp³-hybridized carbons (Fsp3) is 0.357. The molecule has 11 heteroatoms. The summed E-state index contributed by atoms with van der Waals surface area (Å²) in [6.07, 6.45) is -3.40. The highest BCUT2D eigenvalue weighted by atomic mass is 35.5. The molecule has 1 aromatic rings. The number of esters is 1.